The van der Waals surface area contributed by atoms with Crippen molar-refractivity contribution >= 4 is 21.6 Å². The first-order valence-corrected chi connectivity index (χ1v) is 8.27. The Morgan fingerprint density at radius 2 is 2.12 bits per heavy atom. The van der Waals surface area contributed by atoms with E-state index in [0.29, 0.717) is 23.2 Å². The van der Waals surface area contributed by atoms with Gasteiger partial charge in [0.15, 0.2) is 5.82 Å². The number of sulfone groups is 1. The van der Waals surface area contributed by atoms with Crippen LogP contribution in [0.15, 0.2) is 4.52 Å². The number of rotatable bonds is 6. The van der Waals surface area contributed by atoms with Crippen molar-refractivity contribution in [2.45, 2.75) is 25.1 Å². The summed E-state index contributed by atoms with van der Waals surface area (Å²) in [5.41, 5.74) is 5.19. The number of hydrogen-bond acceptors (Lipinski definition) is 7. The second-order valence-electron chi connectivity index (χ2n) is 4.42. The fraction of sp³-hybridized carbons (Fsp3) is 0.778. The van der Waals surface area contributed by atoms with Gasteiger partial charge in [0.25, 0.3) is 0 Å². The van der Waals surface area contributed by atoms with Gasteiger partial charge < -0.3 is 10.3 Å². The van der Waals surface area contributed by atoms with Crippen LogP contribution in [0.1, 0.15) is 25.6 Å². The number of aromatic nitrogens is 2. The first-order chi connectivity index (χ1) is 7.68. The van der Waals surface area contributed by atoms with Crippen molar-refractivity contribution in [3.8, 4) is 0 Å². The molecule has 0 aliphatic rings. The Balaban J connectivity index is 2.41. The zero-order valence-electron chi connectivity index (χ0n) is 10.1. The van der Waals surface area contributed by atoms with Gasteiger partial charge in [-0.05, 0) is 13.8 Å². The standard InChI is InChI=1S/C9H17N3O3S2/c1-9(2,10)8-11-7(15-12-8)6-16-4-5-17(3,13)14/h4-6,10H2,1-3H3. The Bertz CT molecular complexity index is 462. The third-order valence-corrected chi connectivity index (χ3v) is 4.02. The maximum Gasteiger partial charge on any atom is 0.236 e. The normalized spacial score (nSPS) is 12.9. The van der Waals surface area contributed by atoms with Crippen LogP contribution < -0.4 is 5.73 Å². The second kappa shape index (κ2) is 5.36. The Labute approximate surface area is 105 Å². The van der Waals surface area contributed by atoms with Crippen molar-refractivity contribution in [3.63, 3.8) is 0 Å². The lowest BCUT2D eigenvalue weighted by atomic mass is 10.1. The number of nitrogens with two attached hydrogens (primary N) is 1. The van der Waals surface area contributed by atoms with Crippen molar-refractivity contribution in [2.75, 3.05) is 17.8 Å². The van der Waals surface area contributed by atoms with Crippen LogP contribution in [-0.4, -0.2) is 36.3 Å². The third-order valence-electron chi connectivity index (χ3n) is 1.87. The number of nitrogens with zero attached hydrogens (tertiary/aromatic N) is 2. The Kier molecular flexibility index (Phi) is 4.56. The van der Waals surface area contributed by atoms with Crippen LogP contribution in [0, 0.1) is 0 Å². The molecular formula is C9H17N3O3S2. The van der Waals surface area contributed by atoms with E-state index in [0.717, 1.165) is 0 Å². The molecule has 8 heteroatoms. The van der Waals surface area contributed by atoms with E-state index in [2.05, 4.69) is 10.1 Å². The highest BCUT2D eigenvalue weighted by Gasteiger charge is 2.21. The topological polar surface area (TPSA) is 99.1 Å². The van der Waals surface area contributed by atoms with E-state index in [1.807, 2.05) is 0 Å². The van der Waals surface area contributed by atoms with Gasteiger partial charge in [-0.2, -0.15) is 16.7 Å². The summed E-state index contributed by atoms with van der Waals surface area (Å²) < 4.78 is 26.8. The van der Waals surface area contributed by atoms with Crippen molar-refractivity contribution in [3.05, 3.63) is 11.7 Å². The average Bonchev–Trinajstić information content (AvgIpc) is 2.58. The molecular weight excluding hydrogens is 262 g/mol. The lowest BCUT2D eigenvalue weighted by Gasteiger charge is -2.11. The molecule has 6 nitrogen and oxygen atoms in total. The maximum atomic E-state index is 10.9. The van der Waals surface area contributed by atoms with E-state index in [9.17, 15) is 8.42 Å². The van der Waals surface area contributed by atoms with E-state index in [1.165, 1.54) is 18.0 Å². The van der Waals surface area contributed by atoms with Gasteiger partial charge in [0.2, 0.25) is 5.89 Å². The predicted molar refractivity (Wildman–Crippen MR) is 67.4 cm³/mol. The molecule has 0 spiro atoms. The summed E-state index contributed by atoms with van der Waals surface area (Å²) in [5, 5.41) is 3.77. The number of thioether (sulfide) groups is 1. The highest BCUT2D eigenvalue weighted by molar-refractivity contribution is 7.99. The van der Waals surface area contributed by atoms with Crippen LogP contribution in [0.25, 0.3) is 0 Å². The molecule has 0 saturated carbocycles. The molecule has 1 heterocycles. The molecule has 1 rings (SSSR count). The fourth-order valence-corrected chi connectivity index (χ4v) is 3.06. The van der Waals surface area contributed by atoms with Crippen LogP contribution in [-0.2, 0) is 21.1 Å². The molecule has 0 unspecified atom stereocenters. The lowest BCUT2D eigenvalue weighted by Crippen LogP contribution is -2.30. The minimum atomic E-state index is -2.90. The summed E-state index contributed by atoms with van der Waals surface area (Å²) in [7, 11) is -2.90. The minimum absolute atomic E-state index is 0.154. The molecule has 0 aliphatic heterocycles. The summed E-state index contributed by atoms with van der Waals surface area (Å²) in [6.45, 7) is 3.58. The Morgan fingerprint density at radius 3 is 2.59 bits per heavy atom. The summed E-state index contributed by atoms with van der Waals surface area (Å²) in [5.74, 6) is 2.09. The van der Waals surface area contributed by atoms with Crippen molar-refractivity contribution < 1.29 is 12.9 Å². The monoisotopic (exact) mass is 279 g/mol. The SMILES string of the molecule is CC(C)(N)c1noc(CSCCS(C)(=O)=O)n1. The first-order valence-electron chi connectivity index (χ1n) is 5.06. The van der Waals surface area contributed by atoms with E-state index < -0.39 is 15.4 Å². The van der Waals surface area contributed by atoms with Crippen LogP contribution >= 0.6 is 11.8 Å². The van der Waals surface area contributed by atoms with Gasteiger partial charge in [0, 0.05) is 12.0 Å². The molecule has 0 amide bonds. The van der Waals surface area contributed by atoms with Crippen LogP contribution in [0.2, 0.25) is 0 Å². The molecule has 2 N–H and O–H groups in total. The smallest absolute Gasteiger partial charge is 0.236 e. The average molecular weight is 279 g/mol. The molecule has 17 heavy (non-hydrogen) atoms. The summed E-state index contributed by atoms with van der Waals surface area (Å²) in [6.07, 6.45) is 1.22. The zero-order valence-corrected chi connectivity index (χ0v) is 11.8. The molecule has 0 aliphatic carbocycles. The van der Waals surface area contributed by atoms with Gasteiger partial charge in [-0.15, -0.1) is 0 Å². The van der Waals surface area contributed by atoms with Gasteiger partial charge in [-0.3, -0.25) is 0 Å². The van der Waals surface area contributed by atoms with Crippen LogP contribution in [0.5, 0.6) is 0 Å². The maximum absolute atomic E-state index is 10.9. The predicted octanol–water partition coefficient (Wildman–Crippen LogP) is 0.541. The van der Waals surface area contributed by atoms with Gasteiger partial charge in [0.1, 0.15) is 9.84 Å². The van der Waals surface area contributed by atoms with Gasteiger partial charge in [-0.1, -0.05) is 5.16 Å². The molecule has 0 radical (unpaired) electrons. The van der Waals surface area contributed by atoms with Gasteiger partial charge in [-0.25, -0.2) is 8.42 Å². The quantitative estimate of drug-likeness (QED) is 0.759. The van der Waals surface area contributed by atoms with Crippen molar-refractivity contribution in [1.82, 2.24) is 10.1 Å². The molecule has 0 saturated heterocycles. The zero-order chi connectivity index (χ0) is 13.1. The molecule has 1 aromatic rings. The van der Waals surface area contributed by atoms with E-state index >= 15 is 0 Å². The lowest BCUT2D eigenvalue weighted by molar-refractivity contribution is 0.370. The largest absolute Gasteiger partial charge is 0.338 e. The summed E-state index contributed by atoms with van der Waals surface area (Å²) in [4.78, 5) is 4.14. The van der Waals surface area contributed by atoms with Crippen molar-refractivity contribution in [1.29, 1.82) is 0 Å². The number of hydrogen-bond donors (Lipinski definition) is 1. The highest BCUT2D eigenvalue weighted by Crippen LogP contribution is 2.16. The van der Waals surface area contributed by atoms with Gasteiger partial charge >= 0.3 is 0 Å². The van der Waals surface area contributed by atoms with Gasteiger partial charge in [0.05, 0.1) is 17.0 Å². The van der Waals surface area contributed by atoms with Crippen LogP contribution in [0.4, 0.5) is 0 Å². The molecule has 1 aromatic heterocycles. The van der Waals surface area contributed by atoms with E-state index in [-0.39, 0.29) is 5.75 Å². The van der Waals surface area contributed by atoms with E-state index in [1.54, 1.807) is 13.8 Å². The second-order valence-corrected chi connectivity index (χ2v) is 7.78. The minimum Gasteiger partial charge on any atom is -0.338 e. The molecule has 0 fully saturated rings. The van der Waals surface area contributed by atoms with Crippen LogP contribution in [0.3, 0.4) is 0 Å². The summed E-state index contributed by atoms with van der Waals surface area (Å²) in [6, 6.07) is 0. The van der Waals surface area contributed by atoms with Crippen molar-refractivity contribution in [2.24, 2.45) is 5.73 Å². The molecule has 0 aromatic carbocycles. The summed E-state index contributed by atoms with van der Waals surface area (Å²) >= 11 is 1.44. The highest BCUT2D eigenvalue weighted by atomic mass is 32.2. The fourth-order valence-electron chi connectivity index (χ4n) is 0.945. The molecule has 0 bridgehead atoms. The third kappa shape index (κ3) is 5.51. The first kappa shape index (κ1) is 14.5. The van der Waals surface area contributed by atoms with E-state index in [4.69, 9.17) is 10.3 Å². The molecule has 98 valence electrons. The Morgan fingerprint density at radius 1 is 1.47 bits per heavy atom. The Hall–Kier alpha value is -0.600. The molecule has 0 atom stereocenters.